The summed E-state index contributed by atoms with van der Waals surface area (Å²) in [6.07, 6.45) is 6.50. The topological polar surface area (TPSA) is 16.1 Å². The van der Waals surface area contributed by atoms with Crippen LogP contribution in [0.2, 0.25) is 0 Å². The van der Waals surface area contributed by atoms with Crippen molar-refractivity contribution in [2.75, 3.05) is 19.6 Å². The SMILES string of the molecule is CC1CCN(CCCCc2nc3ccccc3s2)CC1. The summed E-state index contributed by atoms with van der Waals surface area (Å²) in [5.41, 5.74) is 1.16. The molecule has 1 aromatic carbocycles. The number of rotatable bonds is 5. The highest BCUT2D eigenvalue weighted by Crippen LogP contribution is 2.23. The third-order valence-electron chi connectivity index (χ3n) is 4.33. The van der Waals surface area contributed by atoms with Crippen LogP contribution in [-0.2, 0) is 6.42 Å². The van der Waals surface area contributed by atoms with Crippen LogP contribution < -0.4 is 0 Å². The van der Waals surface area contributed by atoms with E-state index in [9.17, 15) is 0 Å². The molecule has 20 heavy (non-hydrogen) atoms. The lowest BCUT2D eigenvalue weighted by Gasteiger charge is -2.30. The third-order valence-corrected chi connectivity index (χ3v) is 5.43. The number of aromatic nitrogens is 1. The molecule has 0 unspecified atom stereocenters. The number of unbranched alkanes of at least 4 members (excludes halogenated alkanes) is 1. The number of thiazole rings is 1. The molecule has 108 valence electrons. The van der Waals surface area contributed by atoms with Crippen molar-refractivity contribution in [3.05, 3.63) is 29.3 Å². The highest BCUT2D eigenvalue weighted by atomic mass is 32.1. The third kappa shape index (κ3) is 3.58. The normalized spacial score (nSPS) is 17.9. The lowest BCUT2D eigenvalue weighted by atomic mass is 9.99. The van der Waals surface area contributed by atoms with Gasteiger partial charge in [-0.2, -0.15) is 0 Å². The number of piperidine rings is 1. The van der Waals surface area contributed by atoms with E-state index in [-0.39, 0.29) is 0 Å². The standard InChI is InChI=1S/C17H24N2S/c1-14-9-12-19(13-10-14)11-5-4-8-17-18-15-6-2-3-7-16(15)20-17/h2-3,6-7,14H,4-5,8-13H2,1H3. The van der Waals surface area contributed by atoms with Crippen molar-refractivity contribution in [1.82, 2.24) is 9.88 Å². The molecular weight excluding hydrogens is 264 g/mol. The molecule has 0 radical (unpaired) electrons. The van der Waals surface area contributed by atoms with Crippen molar-refractivity contribution in [1.29, 1.82) is 0 Å². The Morgan fingerprint density at radius 3 is 2.80 bits per heavy atom. The van der Waals surface area contributed by atoms with Gasteiger partial charge < -0.3 is 4.90 Å². The van der Waals surface area contributed by atoms with Crippen molar-refractivity contribution >= 4 is 21.6 Å². The van der Waals surface area contributed by atoms with E-state index in [1.165, 1.54) is 55.0 Å². The number of para-hydroxylation sites is 1. The fourth-order valence-corrected chi connectivity index (χ4v) is 3.93. The molecule has 1 saturated heterocycles. The largest absolute Gasteiger partial charge is 0.303 e. The molecule has 0 spiro atoms. The Bertz CT molecular complexity index is 508. The zero-order valence-electron chi connectivity index (χ0n) is 12.3. The molecule has 2 heterocycles. The summed E-state index contributed by atoms with van der Waals surface area (Å²) in [6, 6.07) is 8.46. The van der Waals surface area contributed by atoms with Crippen LogP contribution in [0, 0.1) is 5.92 Å². The zero-order valence-corrected chi connectivity index (χ0v) is 13.2. The molecule has 1 aliphatic heterocycles. The number of nitrogens with zero attached hydrogens (tertiary/aromatic N) is 2. The maximum absolute atomic E-state index is 4.71. The van der Waals surface area contributed by atoms with Gasteiger partial charge in [0, 0.05) is 0 Å². The molecular formula is C17H24N2S. The highest BCUT2D eigenvalue weighted by Gasteiger charge is 2.14. The van der Waals surface area contributed by atoms with Crippen molar-refractivity contribution in [2.45, 2.75) is 39.0 Å². The number of benzene rings is 1. The van der Waals surface area contributed by atoms with Gasteiger partial charge >= 0.3 is 0 Å². The summed E-state index contributed by atoms with van der Waals surface area (Å²) in [7, 11) is 0. The number of hydrogen-bond acceptors (Lipinski definition) is 3. The van der Waals surface area contributed by atoms with Crippen molar-refractivity contribution in [3.8, 4) is 0 Å². The van der Waals surface area contributed by atoms with E-state index in [2.05, 4.69) is 36.1 Å². The first-order valence-corrected chi connectivity index (χ1v) is 8.70. The van der Waals surface area contributed by atoms with Gasteiger partial charge in [0.1, 0.15) is 0 Å². The van der Waals surface area contributed by atoms with Gasteiger partial charge in [0.05, 0.1) is 15.2 Å². The van der Waals surface area contributed by atoms with Crippen LogP contribution in [0.3, 0.4) is 0 Å². The highest BCUT2D eigenvalue weighted by molar-refractivity contribution is 7.18. The molecule has 0 saturated carbocycles. The van der Waals surface area contributed by atoms with Crippen molar-refractivity contribution in [2.24, 2.45) is 5.92 Å². The van der Waals surface area contributed by atoms with Gasteiger partial charge in [0.15, 0.2) is 0 Å². The monoisotopic (exact) mass is 288 g/mol. The van der Waals surface area contributed by atoms with Gasteiger partial charge in [0.25, 0.3) is 0 Å². The van der Waals surface area contributed by atoms with Crippen LogP contribution in [0.15, 0.2) is 24.3 Å². The molecule has 0 amide bonds. The van der Waals surface area contributed by atoms with Gasteiger partial charge in [-0.3, -0.25) is 0 Å². The Labute approximate surface area is 125 Å². The van der Waals surface area contributed by atoms with Crippen LogP contribution in [-0.4, -0.2) is 29.5 Å². The first-order valence-electron chi connectivity index (χ1n) is 7.88. The van der Waals surface area contributed by atoms with E-state index in [1.54, 1.807) is 0 Å². The Morgan fingerprint density at radius 1 is 1.20 bits per heavy atom. The van der Waals surface area contributed by atoms with Crippen LogP contribution in [0.1, 0.15) is 37.6 Å². The fraction of sp³-hybridized carbons (Fsp3) is 0.588. The minimum Gasteiger partial charge on any atom is -0.303 e. The van der Waals surface area contributed by atoms with E-state index < -0.39 is 0 Å². The molecule has 0 aliphatic carbocycles. The second-order valence-corrected chi connectivity index (χ2v) is 7.17. The summed E-state index contributed by atoms with van der Waals surface area (Å²) in [5.74, 6) is 0.939. The van der Waals surface area contributed by atoms with Crippen LogP contribution in [0.25, 0.3) is 10.2 Å². The second kappa shape index (κ2) is 6.68. The quantitative estimate of drug-likeness (QED) is 0.760. The van der Waals surface area contributed by atoms with Gasteiger partial charge in [-0.25, -0.2) is 4.98 Å². The second-order valence-electron chi connectivity index (χ2n) is 6.06. The number of fused-ring (bicyclic) bond motifs is 1. The molecule has 0 atom stereocenters. The summed E-state index contributed by atoms with van der Waals surface area (Å²) < 4.78 is 1.33. The van der Waals surface area contributed by atoms with E-state index in [0.29, 0.717) is 0 Å². The lowest BCUT2D eigenvalue weighted by Crippen LogP contribution is -2.33. The van der Waals surface area contributed by atoms with Gasteiger partial charge in [-0.15, -0.1) is 11.3 Å². The average molecular weight is 288 g/mol. The molecule has 1 fully saturated rings. The molecule has 3 heteroatoms. The molecule has 0 N–H and O–H groups in total. The molecule has 1 aromatic heterocycles. The number of hydrogen-bond donors (Lipinski definition) is 0. The minimum atomic E-state index is 0.939. The fourth-order valence-electron chi connectivity index (χ4n) is 2.92. The summed E-state index contributed by atoms with van der Waals surface area (Å²) >= 11 is 1.86. The number of aryl methyl sites for hydroxylation is 1. The molecule has 1 aliphatic rings. The molecule has 3 rings (SSSR count). The number of likely N-dealkylation sites (tertiary alicyclic amines) is 1. The van der Waals surface area contributed by atoms with Crippen molar-refractivity contribution < 1.29 is 0 Å². The molecule has 2 nitrogen and oxygen atoms in total. The average Bonchev–Trinajstić information content (AvgIpc) is 2.88. The van der Waals surface area contributed by atoms with Gasteiger partial charge in [-0.05, 0) is 69.8 Å². The lowest BCUT2D eigenvalue weighted by molar-refractivity contribution is 0.189. The summed E-state index contributed by atoms with van der Waals surface area (Å²) in [4.78, 5) is 7.35. The Kier molecular flexibility index (Phi) is 4.69. The first kappa shape index (κ1) is 14.0. The maximum atomic E-state index is 4.71. The zero-order chi connectivity index (χ0) is 13.8. The van der Waals surface area contributed by atoms with Crippen molar-refractivity contribution in [3.63, 3.8) is 0 Å². The van der Waals surface area contributed by atoms with E-state index in [0.717, 1.165) is 17.9 Å². The summed E-state index contributed by atoms with van der Waals surface area (Å²) in [5, 5.41) is 1.30. The van der Waals surface area contributed by atoms with Gasteiger partial charge in [0.2, 0.25) is 0 Å². The Balaban J connectivity index is 1.41. The van der Waals surface area contributed by atoms with E-state index in [1.807, 2.05) is 11.3 Å². The first-order chi connectivity index (χ1) is 9.81. The van der Waals surface area contributed by atoms with Crippen LogP contribution >= 0.6 is 11.3 Å². The smallest absolute Gasteiger partial charge is 0.0938 e. The maximum Gasteiger partial charge on any atom is 0.0938 e. The van der Waals surface area contributed by atoms with Gasteiger partial charge in [-0.1, -0.05) is 19.1 Å². The molecule has 0 bridgehead atoms. The predicted molar refractivity (Wildman–Crippen MR) is 87.4 cm³/mol. The Hall–Kier alpha value is -0.930. The van der Waals surface area contributed by atoms with Crippen LogP contribution in [0.4, 0.5) is 0 Å². The van der Waals surface area contributed by atoms with Crippen LogP contribution in [0.5, 0.6) is 0 Å². The summed E-state index contributed by atoms with van der Waals surface area (Å²) in [6.45, 7) is 6.27. The predicted octanol–water partition coefficient (Wildman–Crippen LogP) is 4.35. The molecule has 2 aromatic rings. The van der Waals surface area contributed by atoms with E-state index >= 15 is 0 Å². The minimum absolute atomic E-state index is 0.939. The Morgan fingerprint density at radius 2 is 2.00 bits per heavy atom. The van der Waals surface area contributed by atoms with E-state index in [4.69, 9.17) is 4.98 Å².